The van der Waals surface area contributed by atoms with Crippen molar-refractivity contribution in [3.05, 3.63) is 59.3 Å². The first kappa shape index (κ1) is 25.6. The van der Waals surface area contributed by atoms with Gasteiger partial charge in [-0.2, -0.15) is 4.36 Å². The van der Waals surface area contributed by atoms with Crippen LogP contribution in [-0.2, 0) is 30.4 Å². The average molecular weight is 542 g/mol. The van der Waals surface area contributed by atoms with Crippen molar-refractivity contribution in [2.24, 2.45) is 4.36 Å². The molecular formula is C28H32FN3O5S. The predicted octanol–water partition coefficient (Wildman–Crippen LogP) is 4.51. The van der Waals surface area contributed by atoms with Crippen molar-refractivity contribution in [1.82, 2.24) is 9.97 Å². The van der Waals surface area contributed by atoms with Crippen LogP contribution in [0.3, 0.4) is 0 Å². The fourth-order valence-electron chi connectivity index (χ4n) is 5.69. The van der Waals surface area contributed by atoms with E-state index >= 15 is 0 Å². The molecule has 0 N–H and O–H groups in total. The number of halogens is 1. The number of fused-ring (bicyclic) bond motifs is 2. The number of rotatable bonds is 7. The van der Waals surface area contributed by atoms with E-state index in [1.165, 1.54) is 18.5 Å². The lowest BCUT2D eigenvalue weighted by Gasteiger charge is -2.20. The molecule has 38 heavy (non-hydrogen) atoms. The van der Waals surface area contributed by atoms with E-state index in [1.807, 2.05) is 26.0 Å². The number of ether oxygens (including phenoxy) is 4. The Kier molecular flexibility index (Phi) is 7.07. The SMILES string of the molecule is CCO[C@@H]1CO[C@H]2[C@@H]1OC[C@H]2Oc1cc(F)ccc1Cc1ncnc2cc(N=S3(=O)CCCC3)cc(C)c12. The highest BCUT2D eigenvalue weighted by molar-refractivity contribution is 7.93. The molecule has 0 unspecified atom stereocenters. The summed E-state index contributed by atoms with van der Waals surface area (Å²) in [6, 6.07) is 8.39. The van der Waals surface area contributed by atoms with Crippen LogP contribution in [0.2, 0.25) is 0 Å². The van der Waals surface area contributed by atoms with E-state index < -0.39 is 9.73 Å². The van der Waals surface area contributed by atoms with Crippen LogP contribution in [0.5, 0.6) is 5.75 Å². The number of nitrogens with zero attached hydrogens (tertiary/aromatic N) is 3. The maximum absolute atomic E-state index is 14.3. The van der Waals surface area contributed by atoms with Crippen molar-refractivity contribution in [3.63, 3.8) is 0 Å². The van der Waals surface area contributed by atoms with E-state index in [0.29, 0.717) is 49.2 Å². The minimum absolute atomic E-state index is 0.121. The van der Waals surface area contributed by atoms with Crippen LogP contribution >= 0.6 is 0 Å². The Hall–Kier alpha value is -2.66. The molecule has 0 spiro atoms. The summed E-state index contributed by atoms with van der Waals surface area (Å²) in [6.45, 7) is 5.32. The third-order valence-electron chi connectivity index (χ3n) is 7.46. The summed E-state index contributed by atoms with van der Waals surface area (Å²) < 4.78 is 55.8. The number of hydrogen-bond acceptors (Lipinski definition) is 8. The zero-order chi connectivity index (χ0) is 26.3. The molecule has 3 saturated heterocycles. The summed E-state index contributed by atoms with van der Waals surface area (Å²) in [4.78, 5) is 9.06. The molecular weight excluding hydrogens is 509 g/mol. The lowest BCUT2D eigenvalue weighted by Crippen LogP contribution is -2.35. The molecule has 3 fully saturated rings. The van der Waals surface area contributed by atoms with Crippen LogP contribution in [0.25, 0.3) is 10.9 Å². The Bertz CT molecular complexity index is 1460. The third-order valence-corrected chi connectivity index (χ3v) is 9.85. The van der Waals surface area contributed by atoms with E-state index in [0.717, 1.165) is 40.6 Å². The minimum atomic E-state index is -2.18. The van der Waals surface area contributed by atoms with Crippen LogP contribution in [0.4, 0.5) is 10.1 Å². The first-order valence-corrected chi connectivity index (χ1v) is 15.0. The second-order valence-corrected chi connectivity index (χ2v) is 12.7. The summed E-state index contributed by atoms with van der Waals surface area (Å²) in [5, 5.41) is 0.908. The molecule has 4 heterocycles. The monoisotopic (exact) mass is 541 g/mol. The molecule has 4 atom stereocenters. The second kappa shape index (κ2) is 10.5. The van der Waals surface area contributed by atoms with Gasteiger partial charge in [-0.25, -0.2) is 18.6 Å². The fraction of sp³-hybridized carbons (Fsp3) is 0.500. The molecule has 2 aromatic carbocycles. The van der Waals surface area contributed by atoms with Crippen LogP contribution in [0, 0.1) is 12.7 Å². The highest BCUT2D eigenvalue weighted by atomic mass is 32.2. The normalized spacial score (nSPS) is 26.1. The van der Waals surface area contributed by atoms with Gasteiger partial charge < -0.3 is 18.9 Å². The molecule has 10 heteroatoms. The van der Waals surface area contributed by atoms with Crippen molar-refractivity contribution in [2.45, 2.75) is 57.5 Å². The van der Waals surface area contributed by atoms with Gasteiger partial charge in [0.2, 0.25) is 0 Å². The Balaban J connectivity index is 1.28. The molecule has 0 saturated carbocycles. The van der Waals surface area contributed by atoms with Crippen LogP contribution < -0.4 is 4.74 Å². The van der Waals surface area contributed by atoms with Crippen molar-refractivity contribution >= 4 is 26.3 Å². The average Bonchev–Trinajstić information content (AvgIpc) is 3.59. The first-order valence-electron chi connectivity index (χ1n) is 13.2. The summed E-state index contributed by atoms with van der Waals surface area (Å²) >= 11 is 0. The Morgan fingerprint density at radius 1 is 1.08 bits per heavy atom. The highest BCUT2D eigenvalue weighted by Crippen LogP contribution is 2.34. The Morgan fingerprint density at radius 3 is 2.63 bits per heavy atom. The van der Waals surface area contributed by atoms with E-state index in [4.69, 9.17) is 18.9 Å². The highest BCUT2D eigenvalue weighted by Gasteiger charge is 2.49. The van der Waals surface area contributed by atoms with Crippen molar-refractivity contribution in [3.8, 4) is 5.75 Å². The van der Waals surface area contributed by atoms with Gasteiger partial charge in [0.1, 0.15) is 36.2 Å². The van der Waals surface area contributed by atoms with Gasteiger partial charge >= 0.3 is 0 Å². The Labute approximate surface area is 222 Å². The number of benzene rings is 2. The fourth-order valence-corrected chi connectivity index (χ4v) is 7.88. The van der Waals surface area contributed by atoms with E-state index in [-0.39, 0.29) is 30.2 Å². The molecule has 0 amide bonds. The molecule has 202 valence electrons. The van der Waals surface area contributed by atoms with Crippen molar-refractivity contribution in [2.75, 3.05) is 31.3 Å². The summed E-state index contributed by atoms with van der Waals surface area (Å²) in [6.07, 6.45) is 2.92. The van der Waals surface area contributed by atoms with Gasteiger partial charge in [0.25, 0.3) is 0 Å². The van der Waals surface area contributed by atoms with E-state index in [9.17, 15) is 8.60 Å². The first-order chi connectivity index (χ1) is 18.4. The molecule has 1 aromatic heterocycles. The quantitative estimate of drug-likeness (QED) is 0.435. The van der Waals surface area contributed by atoms with Gasteiger partial charge in [0, 0.05) is 41.5 Å². The standard InChI is InChI=1S/C28H32FN3O5S/c1-3-34-24-14-35-28-25(15-36-27(24)28)37-23-12-19(29)7-6-18(23)11-21-26-17(2)10-20(13-22(26)31-16-30-21)32-38(33)8-4-5-9-38/h6-7,10,12-13,16,24-25,27-28H,3-5,8-9,11,14-15H2,1-2H3/t24-,25-,27-,28-/m1/s1. The maximum Gasteiger partial charge on any atom is 0.151 e. The van der Waals surface area contributed by atoms with Crippen LogP contribution in [0.15, 0.2) is 41.0 Å². The third kappa shape index (κ3) is 5.02. The zero-order valence-electron chi connectivity index (χ0n) is 21.6. The number of aromatic nitrogens is 2. The largest absolute Gasteiger partial charge is 0.485 e. The van der Waals surface area contributed by atoms with Gasteiger partial charge in [-0.05, 0) is 50.5 Å². The molecule has 0 bridgehead atoms. The number of aryl methyl sites for hydroxylation is 1. The molecule has 6 rings (SSSR count). The Morgan fingerprint density at radius 2 is 1.84 bits per heavy atom. The van der Waals surface area contributed by atoms with Gasteiger partial charge in [-0.15, -0.1) is 0 Å². The van der Waals surface area contributed by atoms with Gasteiger partial charge in [0.05, 0.1) is 39.8 Å². The predicted molar refractivity (Wildman–Crippen MR) is 142 cm³/mol. The number of hydrogen-bond donors (Lipinski definition) is 0. The zero-order valence-corrected chi connectivity index (χ0v) is 22.4. The minimum Gasteiger partial charge on any atom is -0.485 e. The lowest BCUT2D eigenvalue weighted by molar-refractivity contribution is -0.0309. The second-order valence-electron chi connectivity index (χ2n) is 10.1. The molecule has 3 aromatic rings. The molecule has 3 aliphatic heterocycles. The van der Waals surface area contributed by atoms with Crippen molar-refractivity contribution in [1.29, 1.82) is 0 Å². The smallest absolute Gasteiger partial charge is 0.151 e. The van der Waals surface area contributed by atoms with Gasteiger partial charge in [0.15, 0.2) is 6.10 Å². The van der Waals surface area contributed by atoms with E-state index in [2.05, 4.69) is 14.3 Å². The van der Waals surface area contributed by atoms with E-state index in [1.54, 1.807) is 6.07 Å². The topological polar surface area (TPSA) is 92.1 Å². The molecule has 8 nitrogen and oxygen atoms in total. The summed E-state index contributed by atoms with van der Waals surface area (Å²) in [7, 11) is -2.18. The van der Waals surface area contributed by atoms with Crippen LogP contribution in [-0.4, -0.2) is 69.9 Å². The van der Waals surface area contributed by atoms with Gasteiger partial charge in [-0.3, -0.25) is 0 Å². The van der Waals surface area contributed by atoms with Crippen molar-refractivity contribution < 1.29 is 27.5 Å². The van der Waals surface area contributed by atoms with Crippen LogP contribution in [0.1, 0.15) is 36.6 Å². The molecule has 0 radical (unpaired) electrons. The summed E-state index contributed by atoms with van der Waals surface area (Å²) in [5.74, 6) is 1.36. The molecule has 3 aliphatic rings. The van der Waals surface area contributed by atoms with Gasteiger partial charge in [-0.1, -0.05) is 6.07 Å². The lowest BCUT2D eigenvalue weighted by atomic mass is 10.0. The molecule has 0 aliphatic carbocycles. The maximum atomic E-state index is 14.3. The summed E-state index contributed by atoms with van der Waals surface area (Å²) in [5.41, 5.74) is 3.99.